The first-order valence-corrected chi connectivity index (χ1v) is 8.67. The zero-order valence-corrected chi connectivity index (χ0v) is 18.5. The summed E-state index contributed by atoms with van der Waals surface area (Å²) in [5.41, 5.74) is 1.93. The Morgan fingerprint density at radius 1 is 1.16 bits per heavy atom. The normalized spacial score (nSPS) is 12.6. The molecule has 142 valence electrons. The van der Waals surface area contributed by atoms with Crippen LogP contribution in [-0.4, -0.2) is 25.0 Å². The van der Waals surface area contributed by atoms with Gasteiger partial charge in [0.1, 0.15) is 0 Å². The van der Waals surface area contributed by atoms with Crippen molar-refractivity contribution < 1.29 is 4.79 Å². The summed E-state index contributed by atoms with van der Waals surface area (Å²) in [4.78, 5) is 16.1. The highest BCUT2D eigenvalue weighted by Crippen LogP contribution is 2.12. The van der Waals surface area contributed by atoms with Gasteiger partial charge in [-0.25, -0.2) is 0 Å². The lowest BCUT2D eigenvalue weighted by molar-refractivity contribution is -0.116. The first-order valence-electron chi connectivity index (χ1n) is 8.67. The van der Waals surface area contributed by atoms with E-state index in [-0.39, 0.29) is 29.9 Å². The van der Waals surface area contributed by atoms with Gasteiger partial charge in [0.15, 0.2) is 5.96 Å². The van der Waals surface area contributed by atoms with E-state index in [0.29, 0.717) is 30.8 Å². The second-order valence-electron chi connectivity index (χ2n) is 6.95. The maximum Gasteiger partial charge on any atom is 0.224 e. The largest absolute Gasteiger partial charge is 0.354 e. The number of hydrogen-bond donors (Lipinski definition) is 3. The summed E-state index contributed by atoms with van der Waals surface area (Å²) in [6.45, 7) is 11.2. The number of hydrogen-bond acceptors (Lipinski definition) is 2. The summed E-state index contributed by atoms with van der Waals surface area (Å²) in [5, 5.41) is 9.63. The Hall–Kier alpha value is -1.31. The highest BCUT2D eigenvalue weighted by molar-refractivity contribution is 14.0. The lowest BCUT2D eigenvalue weighted by Crippen LogP contribution is -2.43. The summed E-state index contributed by atoms with van der Waals surface area (Å²) in [6, 6.07) is 8.23. The summed E-state index contributed by atoms with van der Waals surface area (Å²) < 4.78 is 0. The molecular formula is C19H33IN4O. The summed E-state index contributed by atoms with van der Waals surface area (Å²) in [5.74, 6) is 1.72. The average molecular weight is 460 g/mol. The molecule has 1 rings (SSSR count). The number of nitrogens with one attached hydrogen (secondary N) is 3. The molecule has 0 aliphatic carbocycles. The van der Waals surface area contributed by atoms with Crippen molar-refractivity contribution >= 4 is 41.5 Å². The van der Waals surface area contributed by atoms with Crippen molar-refractivity contribution in [3.8, 4) is 0 Å². The molecule has 5 nitrogen and oxygen atoms in total. The summed E-state index contributed by atoms with van der Waals surface area (Å²) >= 11 is 0. The Morgan fingerprint density at radius 2 is 1.84 bits per heavy atom. The van der Waals surface area contributed by atoms with Crippen LogP contribution in [0.5, 0.6) is 0 Å². The van der Waals surface area contributed by atoms with E-state index in [1.54, 1.807) is 7.05 Å². The van der Waals surface area contributed by atoms with Crippen molar-refractivity contribution in [1.29, 1.82) is 0 Å². The molecule has 25 heavy (non-hydrogen) atoms. The van der Waals surface area contributed by atoms with Crippen LogP contribution in [-0.2, 0) is 11.3 Å². The number of benzene rings is 1. The number of nitrogens with zero attached hydrogens (tertiary/aromatic N) is 1. The number of guanidine groups is 1. The van der Waals surface area contributed by atoms with E-state index >= 15 is 0 Å². The first kappa shape index (κ1) is 23.7. The lowest BCUT2D eigenvalue weighted by atomic mass is 10.1. The molecule has 0 radical (unpaired) electrons. The Morgan fingerprint density at radius 3 is 2.40 bits per heavy atom. The van der Waals surface area contributed by atoms with Gasteiger partial charge in [-0.05, 0) is 36.5 Å². The molecule has 0 saturated heterocycles. The van der Waals surface area contributed by atoms with E-state index in [4.69, 9.17) is 0 Å². The fraction of sp³-hybridized carbons (Fsp3) is 0.579. The van der Waals surface area contributed by atoms with Crippen molar-refractivity contribution in [2.45, 2.75) is 53.6 Å². The number of amides is 1. The van der Waals surface area contributed by atoms with Gasteiger partial charge in [0.05, 0.1) is 0 Å². The molecule has 0 saturated carbocycles. The Balaban J connectivity index is 0.00000576. The van der Waals surface area contributed by atoms with Gasteiger partial charge in [0, 0.05) is 31.7 Å². The standard InChI is InChI=1S/C19H32N4O.HI/c1-13(2)10-18(24)23-17-9-7-8-16(11-17)12-21-19(20-6)22-15(5)14(3)4;/h7-9,11,13-15H,10,12H2,1-6H3,(H,23,24)(H2,20,21,22);1H. The van der Waals surface area contributed by atoms with Crippen LogP contribution in [0.2, 0.25) is 0 Å². The van der Waals surface area contributed by atoms with Crippen molar-refractivity contribution in [3.05, 3.63) is 29.8 Å². The number of halogens is 1. The fourth-order valence-corrected chi connectivity index (χ4v) is 2.10. The minimum Gasteiger partial charge on any atom is -0.354 e. The van der Waals surface area contributed by atoms with Crippen LogP contribution < -0.4 is 16.0 Å². The maximum absolute atomic E-state index is 11.9. The van der Waals surface area contributed by atoms with Crippen molar-refractivity contribution in [2.75, 3.05) is 12.4 Å². The summed E-state index contributed by atoms with van der Waals surface area (Å²) in [7, 11) is 1.77. The highest BCUT2D eigenvalue weighted by Gasteiger charge is 2.09. The fourth-order valence-electron chi connectivity index (χ4n) is 2.10. The quantitative estimate of drug-likeness (QED) is 0.328. The van der Waals surface area contributed by atoms with E-state index < -0.39 is 0 Å². The predicted molar refractivity (Wildman–Crippen MR) is 118 cm³/mol. The average Bonchev–Trinajstić information content (AvgIpc) is 2.50. The molecule has 0 aliphatic rings. The number of anilines is 1. The molecule has 0 spiro atoms. The minimum atomic E-state index is 0. The van der Waals surface area contributed by atoms with Gasteiger partial charge in [0.25, 0.3) is 0 Å². The van der Waals surface area contributed by atoms with Crippen molar-refractivity contribution in [2.24, 2.45) is 16.8 Å². The first-order chi connectivity index (χ1) is 11.3. The van der Waals surface area contributed by atoms with E-state index in [9.17, 15) is 4.79 Å². The molecule has 6 heteroatoms. The second kappa shape index (κ2) is 12.1. The zero-order chi connectivity index (χ0) is 18.1. The number of carbonyl (C=O) groups excluding carboxylic acids is 1. The highest BCUT2D eigenvalue weighted by atomic mass is 127. The third-order valence-electron chi connectivity index (χ3n) is 3.85. The molecule has 1 aromatic rings. The molecule has 1 unspecified atom stereocenters. The van der Waals surface area contributed by atoms with Gasteiger partial charge in [-0.15, -0.1) is 24.0 Å². The zero-order valence-electron chi connectivity index (χ0n) is 16.2. The molecule has 0 aliphatic heterocycles. The Labute approximate surface area is 169 Å². The third-order valence-corrected chi connectivity index (χ3v) is 3.85. The van der Waals surface area contributed by atoms with Crippen LogP contribution in [0.4, 0.5) is 5.69 Å². The van der Waals surface area contributed by atoms with Crippen molar-refractivity contribution in [1.82, 2.24) is 10.6 Å². The van der Waals surface area contributed by atoms with E-state index in [1.165, 1.54) is 0 Å². The molecule has 0 fully saturated rings. The van der Waals surface area contributed by atoms with E-state index in [2.05, 4.69) is 41.7 Å². The molecule has 1 atom stereocenters. The van der Waals surface area contributed by atoms with Crippen molar-refractivity contribution in [3.63, 3.8) is 0 Å². The number of carbonyl (C=O) groups is 1. The SMILES string of the molecule is CN=C(NCc1cccc(NC(=O)CC(C)C)c1)NC(C)C(C)C.I. The van der Waals surface area contributed by atoms with Crippen LogP contribution >= 0.6 is 24.0 Å². The topological polar surface area (TPSA) is 65.5 Å². The van der Waals surface area contributed by atoms with Gasteiger partial charge >= 0.3 is 0 Å². The minimum absolute atomic E-state index is 0. The predicted octanol–water partition coefficient (Wildman–Crippen LogP) is 4.00. The lowest BCUT2D eigenvalue weighted by Gasteiger charge is -2.20. The maximum atomic E-state index is 11.9. The molecule has 0 bridgehead atoms. The van der Waals surface area contributed by atoms with Crippen LogP contribution in [0.15, 0.2) is 29.3 Å². The second-order valence-corrected chi connectivity index (χ2v) is 6.95. The molecule has 0 heterocycles. The summed E-state index contributed by atoms with van der Waals surface area (Å²) in [6.07, 6.45) is 0.534. The van der Waals surface area contributed by atoms with E-state index in [1.807, 2.05) is 38.1 Å². The van der Waals surface area contributed by atoms with Gasteiger partial charge in [-0.3, -0.25) is 9.79 Å². The molecule has 1 aromatic carbocycles. The monoisotopic (exact) mass is 460 g/mol. The van der Waals surface area contributed by atoms with Gasteiger partial charge < -0.3 is 16.0 Å². The van der Waals surface area contributed by atoms with Gasteiger partial charge in [-0.1, -0.05) is 39.8 Å². The van der Waals surface area contributed by atoms with Crippen LogP contribution in [0.3, 0.4) is 0 Å². The van der Waals surface area contributed by atoms with Crippen LogP contribution in [0, 0.1) is 11.8 Å². The van der Waals surface area contributed by atoms with Gasteiger partial charge in [-0.2, -0.15) is 0 Å². The Bertz CT molecular complexity index is 558. The molecule has 0 aromatic heterocycles. The number of rotatable bonds is 7. The smallest absolute Gasteiger partial charge is 0.224 e. The third kappa shape index (κ3) is 9.67. The molecule has 1 amide bonds. The van der Waals surface area contributed by atoms with E-state index in [0.717, 1.165) is 17.2 Å². The molecular weight excluding hydrogens is 427 g/mol. The molecule has 3 N–H and O–H groups in total. The van der Waals surface area contributed by atoms with Gasteiger partial charge in [0.2, 0.25) is 5.91 Å². The van der Waals surface area contributed by atoms with Crippen LogP contribution in [0.25, 0.3) is 0 Å². The number of aliphatic imine (C=N–C) groups is 1. The van der Waals surface area contributed by atoms with Crippen LogP contribution in [0.1, 0.15) is 46.6 Å². The Kier molecular flexibility index (Phi) is 11.5.